The average molecular weight is 577 g/mol. The minimum atomic E-state index is -0.968. The zero-order valence-corrected chi connectivity index (χ0v) is 25.8. The Balaban J connectivity index is 2.33. The van der Waals surface area contributed by atoms with Crippen LogP contribution in [0.2, 0.25) is 0 Å². The van der Waals surface area contributed by atoms with Crippen molar-refractivity contribution >= 4 is 29.1 Å². The molecule has 2 rings (SSSR count). The van der Waals surface area contributed by atoms with E-state index in [9.17, 15) is 19.5 Å². The van der Waals surface area contributed by atoms with E-state index >= 15 is 0 Å². The van der Waals surface area contributed by atoms with Crippen molar-refractivity contribution in [2.75, 3.05) is 27.2 Å². The number of unbranched alkanes of at least 4 members (excludes halogenated alkanes) is 2. The van der Waals surface area contributed by atoms with E-state index in [-0.39, 0.29) is 47.8 Å². The van der Waals surface area contributed by atoms with Crippen molar-refractivity contribution in [3.63, 3.8) is 0 Å². The zero-order chi connectivity index (χ0) is 29.8. The van der Waals surface area contributed by atoms with Crippen LogP contribution in [0.3, 0.4) is 0 Å². The second-order valence-electron chi connectivity index (χ2n) is 11.2. The molecule has 0 saturated carbocycles. The van der Waals surface area contributed by atoms with Crippen molar-refractivity contribution in [3.05, 3.63) is 16.1 Å². The number of aromatic nitrogens is 1. The third-order valence-corrected chi connectivity index (χ3v) is 8.89. The third-order valence-electron chi connectivity index (χ3n) is 7.94. The average Bonchev–Trinajstić information content (AvgIpc) is 3.44. The fraction of sp³-hybridized carbons (Fsp3) is 0.733. The Bertz CT molecular complexity index is 1010. The van der Waals surface area contributed by atoms with Gasteiger partial charge in [0.15, 0.2) is 5.69 Å². The molecule has 1 aromatic heterocycles. The van der Waals surface area contributed by atoms with E-state index in [2.05, 4.69) is 21.1 Å². The number of aliphatic hydroxyl groups is 1. The number of carbonyl (C=O) groups excluding carboxylic acids is 3. The van der Waals surface area contributed by atoms with Gasteiger partial charge in [-0.05, 0) is 51.1 Å². The maximum absolute atomic E-state index is 14.3. The van der Waals surface area contributed by atoms with Gasteiger partial charge in [-0.15, -0.1) is 23.7 Å². The quantitative estimate of drug-likeness (QED) is 0.184. The number of terminal acetylenes is 1. The zero-order valence-electron chi connectivity index (χ0n) is 25.0. The first-order valence-corrected chi connectivity index (χ1v) is 15.4. The molecule has 0 radical (unpaired) electrons. The molecule has 2 amide bonds. The molecule has 10 heteroatoms. The van der Waals surface area contributed by atoms with Crippen LogP contribution in [0.4, 0.5) is 0 Å². The van der Waals surface area contributed by atoms with Gasteiger partial charge in [0.05, 0.1) is 13.2 Å². The summed E-state index contributed by atoms with van der Waals surface area (Å²) in [6, 6.07) is -1.24. The number of rotatable bonds is 15. The first-order valence-electron chi connectivity index (χ1n) is 14.5. The van der Waals surface area contributed by atoms with Crippen molar-refractivity contribution in [2.45, 2.75) is 103 Å². The fourth-order valence-corrected chi connectivity index (χ4v) is 5.98. The topological polar surface area (TPSA) is 112 Å². The number of esters is 1. The normalized spacial score (nSPS) is 18.8. The highest BCUT2D eigenvalue weighted by molar-refractivity contribution is 7.09. The summed E-state index contributed by atoms with van der Waals surface area (Å²) < 4.78 is 4.74. The van der Waals surface area contributed by atoms with Gasteiger partial charge < -0.3 is 20.1 Å². The molecule has 2 N–H and O–H groups in total. The van der Waals surface area contributed by atoms with Gasteiger partial charge in [0, 0.05) is 30.8 Å². The molecule has 224 valence electrons. The Kier molecular flexibility index (Phi) is 14.1. The molecule has 0 bridgehead atoms. The summed E-state index contributed by atoms with van der Waals surface area (Å²) in [6.45, 7) is 9.39. The number of methoxy groups -OCH3 is 1. The summed E-state index contributed by atoms with van der Waals surface area (Å²) in [5.41, 5.74) is 0.150. The van der Waals surface area contributed by atoms with E-state index in [1.54, 1.807) is 5.38 Å². The number of carbonyl (C=O) groups is 3. The Morgan fingerprint density at radius 3 is 2.62 bits per heavy atom. The number of nitrogens with zero attached hydrogens (tertiary/aromatic N) is 3. The summed E-state index contributed by atoms with van der Waals surface area (Å²) >= 11 is 1.19. The van der Waals surface area contributed by atoms with E-state index in [4.69, 9.17) is 11.2 Å². The number of likely N-dealkylation sites (tertiary alicyclic amines) is 1. The Morgan fingerprint density at radius 2 is 2.02 bits per heavy atom. The number of amides is 2. The van der Waals surface area contributed by atoms with Gasteiger partial charge in [-0.25, -0.2) is 9.78 Å². The van der Waals surface area contributed by atoms with Crippen molar-refractivity contribution in [3.8, 4) is 12.3 Å². The molecule has 0 aliphatic carbocycles. The van der Waals surface area contributed by atoms with Crippen molar-refractivity contribution in [1.82, 2.24) is 20.1 Å². The van der Waals surface area contributed by atoms with Crippen molar-refractivity contribution in [1.29, 1.82) is 0 Å². The lowest BCUT2D eigenvalue weighted by Crippen LogP contribution is -2.58. The Morgan fingerprint density at radius 1 is 1.30 bits per heavy atom. The molecule has 40 heavy (non-hydrogen) atoms. The number of aliphatic hydroxyl groups excluding tert-OH is 1. The van der Waals surface area contributed by atoms with Crippen LogP contribution in [-0.4, -0.2) is 83.0 Å². The summed E-state index contributed by atoms with van der Waals surface area (Å²) in [5.74, 6) is 1.81. The third kappa shape index (κ3) is 9.28. The predicted molar refractivity (Wildman–Crippen MR) is 158 cm³/mol. The maximum atomic E-state index is 14.3. The minimum Gasteiger partial charge on any atom is -0.464 e. The highest BCUT2D eigenvalue weighted by atomic mass is 32.1. The molecule has 1 saturated heterocycles. The Labute approximate surface area is 244 Å². The van der Waals surface area contributed by atoms with Crippen LogP contribution in [-0.2, 0) is 14.3 Å². The highest BCUT2D eigenvalue weighted by Gasteiger charge is 2.37. The number of thiazole rings is 1. The molecule has 9 nitrogen and oxygen atoms in total. The van der Waals surface area contributed by atoms with Gasteiger partial charge in [0.1, 0.15) is 17.2 Å². The lowest BCUT2D eigenvalue weighted by atomic mass is 9.91. The van der Waals surface area contributed by atoms with Gasteiger partial charge in [-0.1, -0.05) is 40.5 Å². The van der Waals surface area contributed by atoms with Crippen molar-refractivity contribution < 1.29 is 24.2 Å². The predicted octanol–water partition coefficient (Wildman–Crippen LogP) is 4.03. The molecule has 5 atom stereocenters. The molecule has 1 aliphatic heterocycles. The number of hydrogen-bond acceptors (Lipinski definition) is 8. The van der Waals surface area contributed by atoms with Crippen molar-refractivity contribution in [2.24, 2.45) is 11.8 Å². The lowest BCUT2D eigenvalue weighted by Gasteiger charge is -2.40. The number of hydrogen-bond donors (Lipinski definition) is 2. The van der Waals surface area contributed by atoms with Gasteiger partial charge in [-0.3, -0.25) is 14.5 Å². The van der Waals surface area contributed by atoms with Gasteiger partial charge in [-0.2, -0.15) is 0 Å². The monoisotopic (exact) mass is 576 g/mol. The first-order chi connectivity index (χ1) is 19.0. The molecule has 0 aromatic carbocycles. The standard InChI is InChI=1S/C30H48N4O5S/c1-8-10-11-13-17-34(24(20(3)4)18-25(35)28-31-22(19-40-28)30(38)39-7)29(37)26(21(5)9-2)32-27(36)23-15-12-14-16-33(23)6/h1,19-21,23-26,35H,9-18H2,2-7H3,(H,32,36)/t21-,23+,24+,25+,26-/m0/s1. The molecule has 2 heterocycles. The Hall–Kier alpha value is -2.48. The van der Waals surface area contributed by atoms with Crippen LogP contribution < -0.4 is 5.32 Å². The lowest BCUT2D eigenvalue weighted by molar-refractivity contribution is -0.142. The van der Waals surface area contributed by atoms with Crippen LogP contribution in [0.5, 0.6) is 0 Å². The van der Waals surface area contributed by atoms with Gasteiger partial charge in [0.2, 0.25) is 11.8 Å². The van der Waals surface area contributed by atoms with Crippen LogP contribution in [0.15, 0.2) is 5.38 Å². The smallest absolute Gasteiger partial charge is 0.357 e. The summed E-state index contributed by atoms with van der Waals surface area (Å²) in [5, 5.41) is 16.2. The molecule has 1 aromatic rings. The SMILES string of the molecule is C#CCCCCN(C(=O)[C@@H](NC(=O)[C@H]1CCCCN1C)[C@@H](C)CC)[C@H](C[C@@H](O)c1nc(C(=O)OC)cs1)C(C)C. The largest absolute Gasteiger partial charge is 0.464 e. The molecule has 0 unspecified atom stereocenters. The maximum Gasteiger partial charge on any atom is 0.357 e. The molecule has 1 aliphatic rings. The number of likely N-dealkylation sites (N-methyl/N-ethyl adjacent to an activating group) is 1. The van der Waals surface area contributed by atoms with Crippen LogP contribution in [0.25, 0.3) is 0 Å². The summed E-state index contributed by atoms with van der Waals surface area (Å²) in [7, 11) is 3.25. The van der Waals surface area contributed by atoms with E-state index in [1.807, 2.05) is 39.6 Å². The molecule has 1 fully saturated rings. The van der Waals surface area contributed by atoms with Gasteiger partial charge in [0.25, 0.3) is 0 Å². The summed E-state index contributed by atoms with van der Waals surface area (Å²) in [6.07, 6.45) is 10.4. The number of ether oxygens (including phenoxy) is 1. The second-order valence-corrected chi connectivity index (χ2v) is 12.1. The van der Waals surface area contributed by atoms with E-state index in [0.29, 0.717) is 24.4 Å². The van der Waals surface area contributed by atoms with E-state index in [0.717, 1.165) is 38.6 Å². The van der Waals surface area contributed by atoms with Crippen LogP contribution >= 0.6 is 11.3 Å². The fourth-order valence-electron chi connectivity index (χ4n) is 5.19. The minimum absolute atomic E-state index is 0.0176. The van der Waals surface area contributed by atoms with E-state index in [1.165, 1.54) is 18.4 Å². The highest BCUT2D eigenvalue weighted by Crippen LogP contribution is 2.29. The molecular formula is C30H48N4O5S. The summed E-state index contributed by atoms with van der Waals surface area (Å²) in [4.78, 5) is 47.7. The number of nitrogens with one attached hydrogen (secondary N) is 1. The van der Waals surface area contributed by atoms with Crippen LogP contribution in [0, 0.1) is 24.2 Å². The first kappa shape index (κ1) is 33.7. The molecule has 0 spiro atoms. The van der Waals surface area contributed by atoms with E-state index < -0.39 is 18.1 Å². The molecular weight excluding hydrogens is 528 g/mol. The van der Waals surface area contributed by atoms with Crippen LogP contribution in [0.1, 0.15) is 101 Å². The van der Waals surface area contributed by atoms with Gasteiger partial charge >= 0.3 is 5.97 Å². The number of piperidine rings is 1. The second kappa shape index (κ2) is 16.7.